The molecule has 3 nitrogen and oxygen atoms in total. The molecule has 0 spiro atoms. The molecule has 0 aromatic heterocycles. The van der Waals surface area contributed by atoms with Crippen molar-refractivity contribution in [1.29, 1.82) is 0 Å². The summed E-state index contributed by atoms with van der Waals surface area (Å²) in [4.78, 5) is 10.3. The summed E-state index contributed by atoms with van der Waals surface area (Å²) in [5, 5.41) is 1.94. The summed E-state index contributed by atoms with van der Waals surface area (Å²) >= 11 is 0. The summed E-state index contributed by atoms with van der Waals surface area (Å²) in [6, 6.07) is 0. The summed E-state index contributed by atoms with van der Waals surface area (Å²) in [6.07, 6.45) is -5.53. The Bertz CT molecular complexity index is 191. The van der Waals surface area contributed by atoms with Gasteiger partial charge in [0.25, 0.3) is 0 Å². The number of rotatable bonds is 0. The van der Waals surface area contributed by atoms with Crippen LogP contribution in [-0.2, 0) is 4.74 Å². The fourth-order valence-electron chi connectivity index (χ4n) is 0.676. The van der Waals surface area contributed by atoms with Crippen molar-refractivity contribution in [2.24, 2.45) is 0 Å². The molecule has 1 unspecified atom stereocenters. The van der Waals surface area contributed by atoms with Crippen molar-refractivity contribution >= 4 is 6.09 Å². The first-order chi connectivity index (χ1) is 4.85. The fourth-order valence-corrected chi connectivity index (χ4v) is 0.676. The molecular weight excluding hydrogens is 163 g/mol. The van der Waals surface area contributed by atoms with E-state index in [4.69, 9.17) is 0 Å². The molecule has 1 atom stereocenters. The average molecular weight is 169 g/mol. The minimum atomic E-state index is -4.51. The molecule has 0 bridgehead atoms. The standard InChI is InChI=1S/C5H6F3NO2/c1-4(5(6,7)8)2-9-3(10)11-4/h2H2,1H3,(H,9,10). The van der Waals surface area contributed by atoms with E-state index in [9.17, 15) is 18.0 Å². The number of halogens is 3. The SMILES string of the molecule is CC1(C(F)(F)F)CNC(=O)O1. The van der Waals surface area contributed by atoms with Gasteiger partial charge in [0.05, 0.1) is 6.54 Å². The van der Waals surface area contributed by atoms with Crippen LogP contribution in [0.15, 0.2) is 0 Å². The monoisotopic (exact) mass is 169 g/mol. The Morgan fingerprint density at radius 3 is 2.36 bits per heavy atom. The summed E-state index contributed by atoms with van der Waals surface area (Å²) in [6.45, 7) is 0.306. The van der Waals surface area contributed by atoms with Crippen LogP contribution in [0, 0.1) is 0 Å². The van der Waals surface area contributed by atoms with Crippen LogP contribution < -0.4 is 5.32 Å². The van der Waals surface area contributed by atoms with E-state index in [1.807, 2.05) is 5.32 Å². The van der Waals surface area contributed by atoms with E-state index in [0.717, 1.165) is 6.92 Å². The van der Waals surface area contributed by atoms with E-state index < -0.39 is 24.4 Å². The molecule has 0 saturated carbocycles. The lowest BCUT2D eigenvalue weighted by Crippen LogP contribution is -2.45. The quantitative estimate of drug-likeness (QED) is 0.588. The van der Waals surface area contributed by atoms with Crippen molar-refractivity contribution in [3.63, 3.8) is 0 Å². The van der Waals surface area contributed by atoms with E-state index in [0.29, 0.717) is 0 Å². The third kappa shape index (κ3) is 1.24. The van der Waals surface area contributed by atoms with Crippen LogP contribution in [-0.4, -0.2) is 24.4 Å². The molecule has 1 amide bonds. The van der Waals surface area contributed by atoms with Crippen LogP contribution in [0.3, 0.4) is 0 Å². The normalized spacial score (nSPS) is 31.5. The highest BCUT2D eigenvalue weighted by molar-refractivity contribution is 5.70. The van der Waals surface area contributed by atoms with Gasteiger partial charge in [-0.2, -0.15) is 13.2 Å². The van der Waals surface area contributed by atoms with Gasteiger partial charge in [0.1, 0.15) is 0 Å². The van der Waals surface area contributed by atoms with E-state index in [2.05, 4.69) is 4.74 Å². The van der Waals surface area contributed by atoms with Gasteiger partial charge in [0, 0.05) is 0 Å². The highest BCUT2D eigenvalue weighted by Gasteiger charge is 2.57. The van der Waals surface area contributed by atoms with Crippen molar-refractivity contribution in [2.75, 3.05) is 6.54 Å². The van der Waals surface area contributed by atoms with Gasteiger partial charge in [-0.25, -0.2) is 4.79 Å². The minimum Gasteiger partial charge on any atom is -0.432 e. The van der Waals surface area contributed by atoms with Crippen molar-refractivity contribution in [3.8, 4) is 0 Å². The summed E-state index contributed by atoms with van der Waals surface area (Å²) in [5.74, 6) is 0. The molecule has 1 N–H and O–H groups in total. The highest BCUT2D eigenvalue weighted by atomic mass is 19.4. The number of alkyl carbamates (subject to hydrolysis) is 1. The van der Waals surface area contributed by atoms with Gasteiger partial charge in [0.15, 0.2) is 0 Å². The molecule has 6 heteroatoms. The van der Waals surface area contributed by atoms with Crippen LogP contribution in [0.25, 0.3) is 0 Å². The maximum Gasteiger partial charge on any atom is 0.429 e. The molecule has 0 aromatic rings. The van der Waals surface area contributed by atoms with Crippen LogP contribution in [0.5, 0.6) is 0 Å². The number of alkyl halides is 3. The van der Waals surface area contributed by atoms with E-state index in [-0.39, 0.29) is 0 Å². The number of cyclic esters (lactones) is 1. The van der Waals surface area contributed by atoms with Crippen molar-refractivity contribution in [2.45, 2.75) is 18.7 Å². The largest absolute Gasteiger partial charge is 0.432 e. The van der Waals surface area contributed by atoms with Gasteiger partial charge in [-0.05, 0) is 6.92 Å². The number of carbonyl (C=O) groups excluding carboxylic acids is 1. The summed E-state index contributed by atoms with van der Waals surface area (Å²) in [5.41, 5.74) is -2.36. The second kappa shape index (κ2) is 2.02. The van der Waals surface area contributed by atoms with Crippen LogP contribution in [0.1, 0.15) is 6.92 Å². The van der Waals surface area contributed by atoms with Gasteiger partial charge < -0.3 is 10.1 Å². The van der Waals surface area contributed by atoms with Gasteiger partial charge in [-0.1, -0.05) is 0 Å². The molecule has 1 fully saturated rings. The van der Waals surface area contributed by atoms with E-state index in [1.54, 1.807) is 0 Å². The van der Waals surface area contributed by atoms with E-state index >= 15 is 0 Å². The van der Waals surface area contributed by atoms with Crippen molar-refractivity contribution < 1.29 is 22.7 Å². The first-order valence-electron chi connectivity index (χ1n) is 2.89. The van der Waals surface area contributed by atoms with Gasteiger partial charge >= 0.3 is 12.3 Å². The molecule has 1 aliphatic heterocycles. The Labute approximate surface area is 60.5 Å². The zero-order valence-corrected chi connectivity index (χ0v) is 5.66. The van der Waals surface area contributed by atoms with Gasteiger partial charge in [0.2, 0.25) is 5.60 Å². The molecular formula is C5H6F3NO2. The molecule has 0 aliphatic carbocycles. The molecule has 1 aliphatic rings. The first-order valence-corrected chi connectivity index (χ1v) is 2.89. The van der Waals surface area contributed by atoms with Crippen molar-refractivity contribution in [1.82, 2.24) is 5.32 Å². The summed E-state index contributed by atoms with van der Waals surface area (Å²) in [7, 11) is 0. The molecule has 64 valence electrons. The third-order valence-electron chi connectivity index (χ3n) is 1.49. The summed E-state index contributed by atoms with van der Waals surface area (Å²) < 4.78 is 40.0. The Morgan fingerprint density at radius 2 is 2.18 bits per heavy atom. The molecule has 1 heterocycles. The zero-order chi connectivity index (χ0) is 8.70. The lowest BCUT2D eigenvalue weighted by molar-refractivity contribution is -0.237. The second-order valence-electron chi connectivity index (χ2n) is 2.47. The second-order valence-corrected chi connectivity index (χ2v) is 2.47. The van der Waals surface area contributed by atoms with Gasteiger partial charge in [-0.15, -0.1) is 0 Å². The third-order valence-corrected chi connectivity index (χ3v) is 1.49. The molecule has 1 saturated heterocycles. The molecule has 0 aromatic carbocycles. The Hall–Kier alpha value is -0.940. The number of hydrogen-bond donors (Lipinski definition) is 1. The Morgan fingerprint density at radius 1 is 1.64 bits per heavy atom. The number of hydrogen-bond acceptors (Lipinski definition) is 2. The predicted molar refractivity (Wildman–Crippen MR) is 28.9 cm³/mol. The lowest BCUT2D eigenvalue weighted by atomic mass is 10.1. The van der Waals surface area contributed by atoms with E-state index in [1.165, 1.54) is 0 Å². The Kier molecular flexibility index (Phi) is 1.50. The number of carbonyl (C=O) groups is 1. The van der Waals surface area contributed by atoms with Crippen LogP contribution in [0.2, 0.25) is 0 Å². The maximum atomic E-state index is 12.0. The first kappa shape index (κ1) is 8.16. The number of ether oxygens (including phenoxy) is 1. The minimum absolute atomic E-state index is 0.519. The molecule has 11 heavy (non-hydrogen) atoms. The Balaban J connectivity index is 2.77. The topological polar surface area (TPSA) is 38.3 Å². The smallest absolute Gasteiger partial charge is 0.429 e. The molecule has 1 rings (SSSR count). The lowest BCUT2D eigenvalue weighted by Gasteiger charge is -2.23. The zero-order valence-electron chi connectivity index (χ0n) is 5.66. The predicted octanol–water partition coefficient (Wildman–Crippen LogP) is 1.05. The fraction of sp³-hybridized carbons (Fsp3) is 0.800. The number of amides is 1. The van der Waals surface area contributed by atoms with Crippen molar-refractivity contribution in [3.05, 3.63) is 0 Å². The highest BCUT2D eigenvalue weighted by Crippen LogP contribution is 2.35. The number of nitrogens with one attached hydrogen (secondary N) is 1. The van der Waals surface area contributed by atoms with Crippen LogP contribution >= 0.6 is 0 Å². The van der Waals surface area contributed by atoms with Crippen LogP contribution in [0.4, 0.5) is 18.0 Å². The average Bonchev–Trinajstić information content (AvgIpc) is 2.10. The molecule has 0 radical (unpaired) electrons. The maximum absolute atomic E-state index is 12.0. The van der Waals surface area contributed by atoms with Gasteiger partial charge in [-0.3, -0.25) is 0 Å².